The molecule has 3 nitrogen and oxygen atoms in total. The maximum absolute atomic E-state index is 6.21. The minimum atomic E-state index is -0.438. The van der Waals surface area contributed by atoms with E-state index in [-0.39, 0.29) is 12.1 Å². The van der Waals surface area contributed by atoms with Crippen molar-refractivity contribution in [2.75, 3.05) is 6.61 Å². The predicted octanol–water partition coefficient (Wildman–Crippen LogP) is 5.05. The van der Waals surface area contributed by atoms with Gasteiger partial charge in [-0.05, 0) is 37.6 Å². The van der Waals surface area contributed by atoms with Crippen molar-refractivity contribution in [2.45, 2.75) is 30.9 Å². The third-order valence-electron chi connectivity index (χ3n) is 5.28. The third-order valence-corrected chi connectivity index (χ3v) is 6.02. The van der Waals surface area contributed by atoms with Crippen molar-refractivity contribution >= 4 is 38.4 Å². The first-order chi connectivity index (χ1) is 12.6. The predicted molar refractivity (Wildman–Crippen MR) is 110 cm³/mol. The molecule has 134 valence electrons. The summed E-state index contributed by atoms with van der Waals surface area (Å²) in [5.74, 6) is 2.91. The Balaban J connectivity index is 1.78. The van der Waals surface area contributed by atoms with Crippen LogP contribution in [0.4, 0.5) is 0 Å². The summed E-state index contributed by atoms with van der Waals surface area (Å²) in [6.45, 7) is 2.77. The molecule has 1 aromatic carbocycles. The zero-order chi connectivity index (χ0) is 18.3. The molecule has 0 aliphatic carbocycles. The number of nitrogens with one attached hydrogen (secondary N) is 2. The van der Waals surface area contributed by atoms with E-state index in [1.807, 2.05) is 13.0 Å². The van der Waals surface area contributed by atoms with Crippen molar-refractivity contribution in [3.05, 3.63) is 57.9 Å². The van der Waals surface area contributed by atoms with Crippen molar-refractivity contribution < 1.29 is 4.74 Å². The minimum Gasteiger partial charge on any atom is -0.378 e. The Morgan fingerprint density at radius 1 is 1.46 bits per heavy atom. The highest BCUT2D eigenvalue weighted by Crippen LogP contribution is 2.45. The lowest BCUT2D eigenvalue weighted by atomic mass is 9.79. The maximum atomic E-state index is 6.21. The molecule has 0 radical (unpaired) electrons. The van der Waals surface area contributed by atoms with E-state index >= 15 is 0 Å². The van der Waals surface area contributed by atoms with E-state index < -0.39 is 5.38 Å². The highest BCUT2D eigenvalue weighted by molar-refractivity contribution is 9.10. The number of rotatable bonds is 2. The van der Waals surface area contributed by atoms with Gasteiger partial charge in [0.25, 0.3) is 0 Å². The summed E-state index contributed by atoms with van der Waals surface area (Å²) in [5, 5.41) is 4.51. The summed E-state index contributed by atoms with van der Waals surface area (Å²) in [6, 6.07) is 6.49. The van der Waals surface area contributed by atoms with Gasteiger partial charge in [-0.2, -0.15) is 0 Å². The topological polar surface area (TPSA) is 37.0 Å². The summed E-state index contributed by atoms with van der Waals surface area (Å²) < 4.78 is 7.19. The zero-order valence-corrected chi connectivity index (χ0v) is 16.8. The van der Waals surface area contributed by atoms with Crippen molar-refractivity contribution in [3.63, 3.8) is 0 Å². The Kier molecular flexibility index (Phi) is 4.88. The minimum absolute atomic E-state index is 0.0131. The largest absolute Gasteiger partial charge is 0.378 e. The van der Waals surface area contributed by atoms with Crippen LogP contribution in [0.15, 0.2) is 52.3 Å². The summed E-state index contributed by atoms with van der Waals surface area (Å²) in [7, 11) is 0. The number of aromatic nitrogens is 1. The van der Waals surface area contributed by atoms with Gasteiger partial charge in [-0.1, -0.05) is 27.9 Å². The molecule has 2 saturated heterocycles. The molecule has 0 spiro atoms. The van der Waals surface area contributed by atoms with Gasteiger partial charge in [-0.15, -0.1) is 18.0 Å². The average molecular weight is 432 g/mol. The van der Waals surface area contributed by atoms with Crippen LogP contribution in [0, 0.1) is 18.3 Å². The number of piperidine rings is 1. The molecule has 5 heteroatoms. The first-order valence-corrected chi connectivity index (χ1v) is 9.98. The van der Waals surface area contributed by atoms with Crippen molar-refractivity contribution in [1.29, 1.82) is 0 Å². The van der Waals surface area contributed by atoms with E-state index in [0.29, 0.717) is 5.92 Å². The van der Waals surface area contributed by atoms with Crippen LogP contribution in [-0.2, 0) is 4.74 Å². The average Bonchev–Trinajstić information content (AvgIpc) is 3.28. The number of H-pyrrole nitrogens is 1. The molecular weight excluding hydrogens is 412 g/mol. The van der Waals surface area contributed by atoms with Crippen molar-refractivity contribution in [2.24, 2.45) is 5.92 Å². The molecule has 0 amide bonds. The molecule has 0 saturated carbocycles. The lowest BCUT2D eigenvalue weighted by molar-refractivity contribution is 0.101. The molecule has 0 bridgehead atoms. The van der Waals surface area contributed by atoms with E-state index in [9.17, 15) is 0 Å². The van der Waals surface area contributed by atoms with Crippen LogP contribution in [0.5, 0.6) is 0 Å². The molecule has 1 aromatic heterocycles. The Bertz CT molecular complexity index is 939. The number of allylic oxidation sites excluding steroid dienone is 2. The number of fused-ring (bicyclic) bond motifs is 2. The number of hydrogen-bond donors (Lipinski definition) is 2. The number of hydrogen-bond acceptors (Lipinski definition) is 2. The monoisotopic (exact) mass is 430 g/mol. The fourth-order valence-corrected chi connectivity index (χ4v) is 4.60. The summed E-state index contributed by atoms with van der Waals surface area (Å²) >= 11 is 9.80. The molecule has 3 heterocycles. The summed E-state index contributed by atoms with van der Waals surface area (Å²) in [4.78, 5) is 3.39. The fourth-order valence-electron chi connectivity index (χ4n) is 4.10. The van der Waals surface area contributed by atoms with Crippen LogP contribution in [0.3, 0.4) is 0 Å². The third kappa shape index (κ3) is 2.99. The Morgan fingerprint density at radius 2 is 2.31 bits per heavy atom. The lowest BCUT2D eigenvalue weighted by Gasteiger charge is -2.38. The Morgan fingerprint density at radius 3 is 3.08 bits per heavy atom. The van der Waals surface area contributed by atoms with Crippen molar-refractivity contribution in [1.82, 2.24) is 10.3 Å². The van der Waals surface area contributed by atoms with Gasteiger partial charge in [0, 0.05) is 50.9 Å². The molecule has 4 rings (SSSR count). The second kappa shape index (κ2) is 7.15. The highest BCUT2D eigenvalue weighted by atomic mass is 79.9. The van der Waals surface area contributed by atoms with Gasteiger partial charge in [-0.25, -0.2) is 0 Å². The van der Waals surface area contributed by atoms with E-state index in [1.165, 1.54) is 10.9 Å². The number of halogens is 2. The van der Waals surface area contributed by atoms with Crippen LogP contribution in [0.25, 0.3) is 10.9 Å². The van der Waals surface area contributed by atoms with Crippen LogP contribution >= 0.6 is 27.5 Å². The second-order valence-electron chi connectivity index (χ2n) is 6.69. The summed E-state index contributed by atoms with van der Waals surface area (Å²) in [5.41, 5.74) is 4.52. The van der Waals surface area contributed by atoms with Crippen LogP contribution < -0.4 is 5.32 Å². The second-order valence-corrected chi connectivity index (χ2v) is 8.08. The Hall–Kier alpha value is -1.67. The smallest absolute Gasteiger partial charge is 0.113 e. The number of ether oxygens (including phenoxy) is 1. The van der Waals surface area contributed by atoms with Gasteiger partial charge < -0.3 is 15.0 Å². The molecule has 3 unspecified atom stereocenters. The quantitative estimate of drug-likeness (QED) is 0.516. The number of alkyl halides is 1. The maximum Gasteiger partial charge on any atom is 0.113 e. The molecule has 2 fully saturated rings. The van der Waals surface area contributed by atoms with E-state index in [0.717, 1.165) is 34.3 Å². The van der Waals surface area contributed by atoms with E-state index in [1.54, 1.807) is 0 Å². The molecule has 26 heavy (non-hydrogen) atoms. The zero-order valence-electron chi connectivity index (χ0n) is 14.4. The van der Waals surface area contributed by atoms with E-state index in [4.69, 9.17) is 22.8 Å². The van der Waals surface area contributed by atoms with Gasteiger partial charge in [0.05, 0.1) is 12.1 Å². The van der Waals surface area contributed by atoms with Gasteiger partial charge in [0.2, 0.25) is 0 Å². The van der Waals surface area contributed by atoms with Crippen molar-refractivity contribution in [3.8, 4) is 12.3 Å². The van der Waals surface area contributed by atoms with Crippen LogP contribution in [-0.4, -0.2) is 23.1 Å². The van der Waals surface area contributed by atoms with Gasteiger partial charge in [-0.3, -0.25) is 0 Å². The van der Waals surface area contributed by atoms with Gasteiger partial charge in [0.15, 0.2) is 0 Å². The first-order valence-electron chi connectivity index (χ1n) is 8.75. The lowest BCUT2D eigenvalue weighted by Crippen LogP contribution is -2.41. The molecule has 2 aromatic rings. The highest BCUT2D eigenvalue weighted by Gasteiger charge is 2.43. The SMILES string of the molecule is C#CC(Cl)/C=C1\C(=C/C)N[C@@H](c2c[nH]c3ccc(Br)cc23)C2CCOC12. The molecule has 2 aliphatic heterocycles. The first kappa shape index (κ1) is 17.7. The van der Waals surface area contributed by atoms with E-state index in [2.05, 4.69) is 62.6 Å². The fraction of sp³-hybridized carbons (Fsp3) is 0.333. The van der Waals surface area contributed by atoms with Crippen LogP contribution in [0.2, 0.25) is 0 Å². The standard InChI is InChI=1S/C21H20BrClN2O/c1-3-13(23)10-16-18(4-2)25-20(14-7-8-26-21(14)16)17-11-24-19-6-5-12(22)9-15(17)19/h1,4-6,9-11,13-14,20-21,24-25H,7-8H2,2H3/b16-10+,18-4+/t13?,14?,20-,21?/m1/s1. The number of benzene rings is 1. The molecular formula is C21H20BrClN2O. The molecule has 2 aliphatic rings. The summed E-state index contributed by atoms with van der Waals surface area (Å²) in [6.07, 6.45) is 12.6. The Labute approximate surface area is 167 Å². The van der Waals surface area contributed by atoms with Gasteiger partial charge >= 0.3 is 0 Å². The normalized spacial score (nSPS) is 29.5. The van der Waals surface area contributed by atoms with Gasteiger partial charge in [0.1, 0.15) is 5.38 Å². The number of terminal acetylenes is 1. The number of aromatic amines is 1. The van der Waals surface area contributed by atoms with Crippen LogP contribution in [0.1, 0.15) is 24.9 Å². The molecule has 4 atom stereocenters. The molecule has 2 N–H and O–H groups in total.